The molecule has 1 atom stereocenters. The Hall–Kier alpha value is -0.870. The van der Waals surface area contributed by atoms with Gasteiger partial charge in [0.15, 0.2) is 5.58 Å². The van der Waals surface area contributed by atoms with Crippen molar-refractivity contribution in [2.24, 2.45) is 0 Å². The summed E-state index contributed by atoms with van der Waals surface area (Å²) < 4.78 is 5.98. The van der Waals surface area contributed by atoms with Gasteiger partial charge in [0, 0.05) is 9.86 Å². The van der Waals surface area contributed by atoms with Crippen LogP contribution in [0.3, 0.4) is 0 Å². The molecule has 2 rings (SSSR count). The highest BCUT2D eigenvalue weighted by atomic mass is 79.9. The molecule has 3 nitrogen and oxygen atoms in total. The summed E-state index contributed by atoms with van der Waals surface area (Å²) in [6, 6.07) is 5.57. The number of aromatic nitrogens is 1. The first-order valence-electron chi connectivity index (χ1n) is 3.91. The van der Waals surface area contributed by atoms with Crippen molar-refractivity contribution in [3.05, 3.63) is 28.4 Å². The molecule has 0 saturated carbocycles. The fourth-order valence-electron chi connectivity index (χ4n) is 1.23. The van der Waals surface area contributed by atoms with E-state index in [1.54, 1.807) is 6.92 Å². The molecule has 68 valence electrons. The highest BCUT2D eigenvalue weighted by Crippen LogP contribution is 2.26. The van der Waals surface area contributed by atoms with Gasteiger partial charge < -0.3 is 9.63 Å². The Morgan fingerprint density at radius 1 is 1.54 bits per heavy atom. The van der Waals surface area contributed by atoms with E-state index in [1.165, 1.54) is 0 Å². The zero-order chi connectivity index (χ0) is 9.42. The molecule has 4 heteroatoms. The quantitative estimate of drug-likeness (QED) is 0.836. The number of aliphatic hydroxyl groups excluding tert-OH is 1. The van der Waals surface area contributed by atoms with Crippen LogP contribution in [-0.4, -0.2) is 10.3 Å². The molecular weight excluding hydrogens is 234 g/mol. The maximum absolute atomic E-state index is 9.36. The van der Waals surface area contributed by atoms with Gasteiger partial charge in [-0.2, -0.15) is 0 Å². The Morgan fingerprint density at radius 2 is 2.31 bits per heavy atom. The number of hydrogen-bond donors (Lipinski definition) is 1. The highest BCUT2D eigenvalue weighted by Gasteiger charge is 2.12. The molecule has 13 heavy (non-hydrogen) atoms. The number of aliphatic hydroxyl groups is 1. The average molecular weight is 242 g/mol. The lowest BCUT2D eigenvalue weighted by Gasteiger charge is -1.97. The summed E-state index contributed by atoms with van der Waals surface area (Å²) in [6.07, 6.45) is -0.601. The van der Waals surface area contributed by atoms with E-state index in [4.69, 9.17) is 4.52 Å². The lowest BCUT2D eigenvalue weighted by Crippen LogP contribution is -1.90. The first kappa shape index (κ1) is 8.72. The minimum atomic E-state index is -0.601. The number of rotatable bonds is 1. The summed E-state index contributed by atoms with van der Waals surface area (Å²) in [4.78, 5) is 0. The van der Waals surface area contributed by atoms with Crippen LogP contribution < -0.4 is 0 Å². The summed E-state index contributed by atoms with van der Waals surface area (Å²) >= 11 is 3.35. The predicted octanol–water partition coefficient (Wildman–Crippen LogP) is 2.64. The number of halogens is 1. The van der Waals surface area contributed by atoms with E-state index in [9.17, 15) is 5.11 Å². The van der Waals surface area contributed by atoms with Crippen molar-refractivity contribution in [1.82, 2.24) is 5.16 Å². The molecule has 0 saturated heterocycles. The molecule has 1 heterocycles. The SMILES string of the molecule is CC(O)c1noc2ccc(Br)cc12. The monoisotopic (exact) mass is 241 g/mol. The first-order valence-corrected chi connectivity index (χ1v) is 4.70. The van der Waals surface area contributed by atoms with Crippen molar-refractivity contribution < 1.29 is 9.63 Å². The molecule has 0 aliphatic rings. The Balaban J connectivity index is 2.71. The van der Waals surface area contributed by atoms with Crippen molar-refractivity contribution in [3.63, 3.8) is 0 Å². The van der Waals surface area contributed by atoms with Crippen LogP contribution in [-0.2, 0) is 0 Å². The van der Waals surface area contributed by atoms with Crippen LogP contribution in [0.4, 0.5) is 0 Å². The van der Waals surface area contributed by atoms with Gasteiger partial charge >= 0.3 is 0 Å². The second-order valence-corrected chi connectivity index (χ2v) is 3.80. The third-order valence-electron chi connectivity index (χ3n) is 1.86. The van der Waals surface area contributed by atoms with E-state index in [2.05, 4.69) is 21.1 Å². The molecule has 1 aromatic carbocycles. The van der Waals surface area contributed by atoms with Gasteiger partial charge in [-0.3, -0.25) is 0 Å². The van der Waals surface area contributed by atoms with Gasteiger partial charge in [0.1, 0.15) is 5.69 Å². The van der Waals surface area contributed by atoms with E-state index < -0.39 is 6.10 Å². The smallest absolute Gasteiger partial charge is 0.167 e. The lowest BCUT2D eigenvalue weighted by molar-refractivity contribution is 0.189. The highest BCUT2D eigenvalue weighted by molar-refractivity contribution is 9.10. The van der Waals surface area contributed by atoms with Crippen LogP contribution in [0.25, 0.3) is 11.0 Å². The molecule has 1 unspecified atom stereocenters. The fourth-order valence-corrected chi connectivity index (χ4v) is 1.59. The summed E-state index contributed by atoms with van der Waals surface area (Å²) in [7, 11) is 0. The van der Waals surface area contributed by atoms with Crippen LogP contribution in [0.5, 0.6) is 0 Å². The Bertz CT molecular complexity index is 436. The lowest BCUT2D eigenvalue weighted by atomic mass is 10.1. The third kappa shape index (κ3) is 1.47. The maximum Gasteiger partial charge on any atom is 0.167 e. The van der Waals surface area contributed by atoms with Crippen LogP contribution in [0.15, 0.2) is 27.2 Å². The second-order valence-electron chi connectivity index (χ2n) is 2.88. The van der Waals surface area contributed by atoms with Gasteiger partial charge in [-0.1, -0.05) is 21.1 Å². The third-order valence-corrected chi connectivity index (χ3v) is 2.35. The molecule has 0 aliphatic carbocycles. The van der Waals surface area contributed by atoms with E-state index in [0.717, 1.165) is 9.86 Å². The maximum atomic E-state index is 9.36. The first-order chi connectivity index (χ1) is 6.18. The van der Waals surface area contributed by atoms with Crippen LogP contribution >= 0.6 is 15.9 Å². The minimum Gasteiger partial charge on any atom is -0.387 e. The molecule has 0 fully saturated rings. The zero-order valence-electron chi connectivity index (χ0n) is 6.99. The van der Waals surface area contributed by atoms with Gasteiger partial charge in [-0.15, -0.1) is 0 Å². The fraction of sp³-hybridized carbons (Fsp3) is 0.222. The van der Waals surface area contributed by atoms with Gasteiger partial charge in [0.2, 0.25) is 0 Å². The molecular formula is C9H8BrNO2. The molecule has 0 bridgehead atoms. The second kappa shape index (κ2) is 3.12. The van der Waals surface area contributed by atoms with Crippen molar-refractivity contribution >= 4 is 26.9 Å². The van der Waals surface area contributed by atoms with Gasteiger partial charge in [0.25, 0.3) is 0 Å². The summed E-state index contributed by atoms with van der Waals surface area (Å²) in [5.41, 5.74) is 1.27. The molecule has 1 N–H and O–H groups in total. The normalized spacial score (nSPS) is 13.5. The topological polar surface area (TPSA) is 46.3 Å². The van der Waals surface area contributed by atoms with E-state index in [-0.39, 0.29) is 0 Å². The molecule has 0 amide bonds. The molecule has 0 radical (unpaired) electrons. The Kier molecular flexibility index (Phi) is 2.09. The largest absolute Gasteiger partial charge is 0.387 e. The van der Waals surface area contributed by atoms with Crippen LogP contribution in [0, 0.1) is 0 Å². The molecule has 2 aromatic rings. The standard InChI is InChI=1S/C9H8BrNO2/c1-5(12)9-7-4-6(10)2-3-8(7)13-11-9/h2-5,12H,1H3. The average Bonchev–Trinajstić information content (AvgIpc) is 2.46. The van der Waals surface area contributed by atoms with Crippen LogP contribution in [0.1, 0.15) is 18.7 Å². The Morgan fingerprint density at radius 3 is 3.00 bits per heavy atom. The van der Waals surface area contributed by atoms with Gasteiger partial charge in [0.05, 0.1) is 6.10 Å². The van der Waals surface area contributed by atoms with Crippen molar-refractivity contribution in [2.45, 2.75) is 13.0 Å². The zero-order valence-corrected chi connectivity index (χ0v) is 8.58. The molecule has 0 aliphatic heterocycles. The number of benzene rings is 1. The predicted molar refractivity (Wildman–Crippen MR) is 52.3 cm³/mol. The van der Waals surface area contributed by atoms with Crippen molar-refractivity contribution in [2.75, 3.05) is 0 Å². The van der Waals surface area contributed by atoms with Gasteiger partial charge in [-0.25, -0.2) is 0 Å². The molecule has 1 aromatic heterocycles. The van der Waals surface area contributed by atoms with Crippen molar-refractivity contribution in [3.8, 4) is 0 Å². The summed E-state index contributed by atoms with van der Waals surface area (Å²) in [6.45, 7) is 1.66. The van der Waals surface area contributed by atoms with Crippen molar-refractivity contribution in [1.29, 1.82) is 0 Å². The minimum absolute atomic E-state index is 0.580. The van der Waals surface area contributed by atoms with Gasteiger partial charge in [-0.05, 0) is 25.1 Å². The van der Waals surface area contributed by atoms with E-state index in [0.29, 0.717) is 11.3 Å². The summed E-state index contributed by atoms with van der Waals surface area (Å²) in [5.74, 6) is 0. The van der Waals surface area contributed by atoms with E-state index >= 15 is 0 Å². The number of nitrogens with zero attached hydrogens (tertiary/aromatic N) is 1. The van der Waals surface area contributed by atoms with E-state index in [1.807, 2.05) is 18.2 Å². The van der Waals surface area contributed by atoms with Crippen LogP contribution in [0.2, 0.25) is 0 Å². The molecule has 0 spiro atoms. The number of fused-ring (bicyclic) bond motifs is 1. The number of hydrogen-bond acceptors (Lipinski definition) is 3. The Labute approximate surface area is 83.5 Å². The summed E-state index contributed by atoms with van der Waals surface area (Å²) in [5, 5.41) is 14.0.